The number of para-hydroxylation sites is 1. The lowest BCUT2D eigenvalue weighted by Crippen LogP contribution is -2.32. The van der Waals surface area contributed by atoms with Gasteiger partial charge in [0.05, 0.1) is 31.6 Å². The first-order valence-corrected chi connectivity index (χ1v) is 15.1. The molecule has 15 heteroatoms. The zero-order valence-electron chi connectivity index (χ0n) is 21.6. The normalized spacial score (nSPS) is 19.1. The van der Waals surface area contributed by atoms with Gasteiger partial charge in [-0.1, -0.05) is 64.5 Å². The van der Waals surface area contributed by atoms with Gasteiger partial charge in [-0.3, -0.25) is 29.3 Å². The Morgan fingerprint density at radius 3 is 2.49 bits per heavy atom. The number of thiazole rings is 1. The molecular weight excluding hydrogens is 639 g/mol. The molecule has 3 aromatic carbocycles. The van der Waals surface area contributed by atoms with Crippen LogP contribution >= 0.6 is 46.3 Å². The Kier molecular flexibility index (Phi) is 7.73. The fourth-order valence-corrected chi connectivity index (χ4v) is 7.92. The number of nitrogens with one attached hydrogen (secondary N) is 2. The highest BCUT2D eigenvalue weighted by Crippen LogP contribution is 2.54. The molecule has 2 aliphatic rings. The molecule has 6 rings (SSSR count). The monoisotopic (exact) mass is 656 g/mol. The number of ether oxygens (including phenoxy) is 1. The van der Waals surface area contributed by atoms with Gasteiger partial charge >= 0.3 is 4.87 Å². The molecular formula is C28H18Cl2N4O7S2. The molecule has 0 radical (unpaired) electrons. The summed E-state index contributed by atoms with van der Waals surface area (Å²) in [5.41, 5.74) is 0.964. The lowest BCUT2D eigenvalue weighted by Gasteiger charge is -2.30. The summed E-state index contributed by atoms with van der Waals surface area (Å²) in [6, 6.07) is 16.6. The minimum absolute atomic E-state index is 0.179. The van der Waals surface area contributed by atoms with E-state index < -0.39 is 39.7 Å². The number of non-ortho nitro benzene ring substituents is 1. The van der Waals surface area contributed by atoms with E-state index in [0.29, 0.717) is 31.9 Å². The van der Waals surface area contributed by atoms with Crippen molar-refractivity contribution in [2.24, 2.45) is 5.92 Å². The molecule has 3 heterocycles. The predicted octanol–water partition coefficient (Wildman–Crippen LogP) is 5.46. The van der Waals surface area contributed by atoms with Crippen molar-refractivity contribution in [2.75, 3.05) is 16.8 Å². The van der Waals surface area contributed by atoms with E-state index in [-0.39, 0.29) is 27.9 Å². The van der Waals surface area contributed by atoms with Gasteiger partial charge in [-0.25, -0.2) is 4.90 Å². The number of anilines is 2. The zero-order chi connectivity index (χ0) is 30.4. The highest BCUT2D eigenvalue weighted by Gasteiger charge is 2.56. The van der Waals surface area contributed by atoms with Crippen molar-refractivity contribution >= 4 is 81.1 Å². The highest BCUT2D eigenvalue weighted by molar-refractivity contribution is 8.00. The number of nitro groups is 1. The molecule has 11 nitrogen and oxygen atoms in total. The topological polar surface area (TPSA) is 152 Å². The molecule has 4 aromatic rings. The van der Waals surface area contributed by atoms with Crippen molar-refractivity contribution in [3.05, 3.63) is 107 Å². The summed E-state index contributed by atoms with van der Waals surface area (Å²) in [5.74, 6) is -2.87. The van der Waals surface area contributed by atoms with Crippen molar-refractivity contribution in [3.8, 4) is 5.75 Å². The Morgan fingerprint density at radius 2 is 1.77 bits per heavy atom. The number of benzene rings is 3. The first-order chi connectivity index (χ1) is 20.6. The maximum atomic E-state index is 14.0. The van der Waals surface area contributed by atoms with Crippen LogP contribution < -0.4 is 19.8 Å². The number of aromatic amines is 1. The number of carbonyl (C=O) groups excluding carboxylic acids is 3. The second kappa shape index (κ2) is 11.5. The number of hydrogen-bond acceptors (Lipinski definition) is 9. The van der Waals surface area contributed by atoms with E-state index in [1.54, 1.807) is 36.4 Å². The number of aromatic nitrogens is 1. The number of hydrogen-bond donors (Lipinski definition) is 2. The summed E-state index contributed by atoms with van der Waals surface area (Å²) >= 11 is 14.0. The molecule has 1 aromatic heterocycles. The number of imide groups is 1. The summed E-state index contributed by atoms with van der Waals surface area (Å²) in [6.07, 6.45) is 0. The van der Waals surface area contributed by atoms with Gasteiger partial charge in [0.1, 0.15) is 11.0 Å². The van der Waals surface area contributed by atoms with Crippen LogP contribution in [0.15, 0.2) is 76.6 Å². The first-order valence-electron chi connectivity index (χ1n) is 12.6. The fraction of sp³-hybridized carbons (Fsp3) is 0.143. The number of rotatable bonds is 7. The summed E-state index contributed by atoms with van der Waals surface area (Å²) in [4.78, 5) is 67.3. The second-order valence-electron chi connectivity index (χ2n) is 9.54. The average Bonchev–Trinajstić information content (AvgIpc) is 3.48. The Morgan fingerprint density at radius 1 is 1.02 bits per heavy atom. The number of amides is 3. The van der Waals surface area contributed by atoms with Crippen LogP contribution in [-0.4, -0.2) is 39.5 Å². The van der Waals surface area contributed by atoms with Crippen molar-refractivity contribution in [1.29, 1.82) is 0 Å². The molecule has 1 fully saturated rings. The largest absolute Gasteiger partial charge is 0.483 e. The third kappa shape index (κ3) is 5.40. The molecule has 1 saturated heterocycles. The molecule has 3 atom stereocenters. The summed E-state index contributed by atoms with van der Waals surface area (Å²) in [5, 5.41) is 14.0. The number of carbonyl (C=O) groups is 3. The molecule has 43 heavy (non-hydrogen) atoms. The van der Waals surface area contributed by atoms with Crippen molar-refractivity contribution in [2.45, 2.75) is 16.2 Å². The maximum Gasteiger partial charge on any atom is 0.305 e. The van der Waals surface area contributed by atoms with Crippen LogP contribution in [0.2, 0.25) is 10.0 Å². The molecule has 3 amide bonds. The van der Waals surface area contributed by atoms with E-state index in [9.17, 15) is 29.3 Å². The van der Waals surface area contributed by atoms with E-state index >= 15 is 0 Å². The van der Waals surface area contributed by atoms with Gasteiger partial charge in [0.15, 0.2) is 6.61 Å². The van der Waals surface area contributed by atoms with E-state index in [0.717, 1.165) is 28.0 Å². The standard InChI is InChI=1S/C28H18Cl2N4O7S2/c29-17-10-5-13(11-18(17)30)31-20(35)12-41-19-4-2-1-3-16(19)21-22-24(42-25-23(21)43-28(38)32-25)27(37)33(26(22)36)14-6-8-15(9-7-14)34(39)40/h1-11,21-22,24H,12H2,(H,31,35)(H,32,38)/t21-,22-,24+/m0/s1. The lowest BCUT2D eigenvalue weighted by molar-refractivity contribution is -0.384. The first kappa shape index (κ1) is 28.9. The van der Waals surface area contributed by atoms with Gasteiger partial charge in [-0.05, 0) is 36.4 Å². The Bertz CT molecular complexity index is 1860. The molecule has 0 saturated carbocycles. The highest BCUT2D eigenvalue weighted by atomic mass is 35.5. The summed E-state index contributed by atoms with van der Waals surface area (Å²) in [7, 11) is 0. The number of fused-ring (bicyclic) bond motifs is 2. The maximum absolute atomic E-state index is 14.0. The third-order valence-corrected chi connectivity index (χ3v) is 10.1. The molecule has 2 aliphatic heterocycles. The molecule has 0 spiro atoms. The summed E-state index contributed by atoms with van der Waals surface area (Å²) in [6.45, 7) is -0.384. The van der Waals surface area contributed by atoms with Gasteiger partial charge in [-0.2, -0.15) is 0 Å². The quantitative estimate of drug-likeness (QED) is 0.151. The van der Waals surface area contributed by atoms with Crippen LogP contribution in [0, 0.1) is 16.0 Å². The van der Waals surface area contributed by atoms with Gasteiger partial charge in [-0.15, -0.1) is 0 Å². The van der Waals surface area contributed by atoms with Crippen molar-refractivity contribution in [1.82, 2.24) is 4.98 Å². The molecule has 0 unspecified atom stereocenters. The van der Waals surface area contributed by atoms with Gasteiger partial charge in [0, 0.05) is 34.2 Å². The van der Waals surface area contributed by atoms with Gasteiger partial charge in [0.2, 0.25) is 11.8 Å². The summed E-state index contributed by atoms with van der Waals surface area (Å²) < 4.78 is 5.92. The molecule has 0 aliphatic carbocycles. The molecule has 0 bridgehead atoms. The average molecular weight is 658 g/mol. The second-order valence-corrected chi connectivity index (χ2v) is 12.5. The Labute approximate surface area is 260 Å². The van der Waals surface area contributed by atoms with E-state index in [2.05, 4.69) is 10.3 Å². The lowest BCUT2D eigenvalue weighted by atomic mass is 9.82. The number of halogens is 2. The number of thioether (sulfide) groups is 1. The Hall–Kier alpha value is -4.17. The van der Waals surface area contributed by atoms with Crippen LogP contribution in [0.1, 0.15) is 16.4 Å². The number of nitro benzene ring substituents is 1. The molecule has 218 valence electrons. The predicted molar refractivity (Wildman–Crippen MR) is 163 cm³/mol. The van der Waals surface area contributed by atoms with Crippen LogP contribution in [0.5, 0.6) is 5.75 Å². The Balaban J connectivity index is 1.32. The van der Waals surface area contributed by atoms with Crippen LogP contribution in [0.4, 0.5) is 17.1 Å². The van der Waals surface area contributed by atoms with Crippen LogP contribution in [-0.2, 0) is 14.4 Å². The van der Waals surface area contributed by atoms with Crippen LogP contribution in [0.25, 0.3) is 0 Å². The minimum atomic E-state index is -0.915. The van der Waals surface area contributed by atoms with Gasteiger partial charge < -0.3 is 15.0 Å². The zero-order valence-corrected chi connectivity index (χ0v) is 24.8. The van der Waals surface area contributed by atoms with Crippen molar-refractivity contribution in [3.63, 3.8) is 0 Å². The third-order valence-electron chi connectivity index (χ3n) is 6.96. The van der Waals surface area contributed by atoms with Crippen molar-refractivity contribution < 1.29 is 24.0 Å². The minimum Gasteiger partial charge on any atom is -0.483 e. The number of nitrogens with zero attached hydrogens (tertiary/aromatic N) is 2. The smallest absolute Gasteiger partial charge is 0.305 e. The van der Waals surface area contributed by atoms with Gasteiger partial charge in [0.25, 0.3) is 11.6 Å². The van der Waals surface area contributed by atoms with E-state index in [4.69, 9.17) is 27.9 Å². The van der Waals surface area contributed by atoms with Crippen LogP contribution in [0.3, 0.4) is 0 Å². The fourth-order valence-electron chi connectivity index (χ4n) is 5.11. The SMILES string of the molecule is O=C(COc1ccccc1[C@@H]1c2sc(=O)[nH]c2S[C@H]2C(=O)N(c3ccc([N+](=O)[O-])cc3)C(=O)[C@@H]12)Nc1ccc(Cl)c(Cl)c1. The van der Waals surface area contributed by atoms with E-state index in [1.165, 1.54) is 30.3 Å². The number of H-pyrrole nitrogens is 1. The molecule has 2 N–H and O–H groups in total. The van der Waals surface area contributed by atoms with E-state index in [1.807, 2.05) is 0 Å².